The summed E-state index contributed by atoms with van der Waals surface area (Å²) in [6.45, 7) is 9.08. The normalized spacial score (nSPS) is 25.2. The van der Waals surface area contributed by atoms with E-state index in [0.29, 0.717) is 5.75 Å². The highest BCUT2D eigenvalue weighted by Gasteiger charge is 2.57. The second-order valence-corrected chi connectivity index (χ2v) is 17.7. The Hall–Kier alpha value is -3.52. The summed E-state index contributed by atoms with van der Waals surface area (Å²) < 4.78 is 63.3. The first-order chi connectivity index (χ1) is 31.0. The molecule has 0 bridgehead atoms. The smallest absolute Gasteiger partial charge is 0.303 e. The standard InChI is InChI=1S/C46H76O18S/c1-9-10-11-12-13-14-15-16-17-18-19-20-21-22-23-24-26-65-27-25-54-45-43(60-35(7)52)42(59-34(6)51)40(38(62-45)29-56-31(3)48)64-46-44(61-36(8)53)41(58-33(5)50)39(57-32(4)49)37(63-46)28-55-30(2)47/h37-46H,9-29H2,1-8H3/t37-,38-,39+,40+,41+,42+,43-,44-,45-,46-/m1/s1. The summed E-state index contributed by atoms with van der Waals surface area (Å²) >= 11 is 1.69. The summed E-state index contributed by atoms with van der Waals surface area (Å²) in [5.74, 6) is -4.18. The third kappa shape index (κ3) is 24.2. The molecule has 0 radical (unpaired) electrons. The number of rotatable bonds is 32. The molecule has 2 saturated heterocycles. The van der Waals surface area contributed by atoms with Gasteiger partial charge in [0, 0.05) is 54.2 Å². The number of unbranched alkanes of at least 4 members (excludes halogenated alkanes) is 15. The lowest BCUT2D eigenvalue weighted by Crippen LogP contribution is -2.67. The van der Waals surface area contributed by atoms with Gasteiger partial charge < -0.3 is 52.1 Å². The van der Waals surface area contributed by atoms with Gasteiger partial charge in [0.25, 0.3) is 0 Å². The average molecular weight is 949 g/mol. The van der Waals surface area contributed by atoms with Crippen molar-refractivity contribution in [2.45, 2.75) is 220 Å². The fourth-order valence-corrected chi connectivity index (χ4v) is 8.51. The molecule has 374 valence electrons. The van der Waals surface area contributed by atoms with Crippen LogP contribution < -0.4 is 0 Å². The molecule has 65 heavy (non-hydrogen) atoms. The zero-order valence-electron chi connectivity index (χ0n) is 39.9. The Balaban J connectivity index is 2.15. The molecule has 0 aromatic heterocycles. The predicted octanol–water partition coefficient (Wildman–Crippen LogP) is 6.62. The fraction of sp³-hybridized carbons (Fsp3) is 0.848. The first-order valence-electron chi connectivity index (χ1n) is 23.3. The maximum absolute atomic E-state index is 12.7. The number of hydrogen-bond acceptors (Lipinski definition) is 19. The van der Waals surface area contributed by atoms with Crippen molar-refractivity contribution in [2.24, 2.45) is 0 Å². The molecule has 0 aromatic rings. The number of thioether (sulfide) groups is 1. The van der Waals surface area contributed by atoms with Crippen LogP contribution in [-0.2, 0) is 85.7 Å². The topological polar surface area (TPSA) is 221 Å². The maximum Gasteiger partial charge on any atom is 0.303 e. The quantitative estimate of drug-likeness (QED) is 0.0393. The summed E-state index contributed by atoms with van der Waals surface area (Å²) in [4.78, 5) is 86.4. The molecule has 2 heterocycles. The summed E-state index contributed by atoms with van der Waals surface area (Å²) in [5, 5.41) is 0. The van der Waals surface area contributed by atoms with Crippen LogP contribution >= 0.6 is 11.8 Å². The van der Waals surface area contributed by atoms with Gasteiger partial charge in [0.1, 0.15) is 31.5 Å². The number of hydrogen-bond donors (Lipinski definition) is 0. The van der Waals surface area contributed by atoms with Crippen LogP contribution in [0.3, 0.4) is 0 Å². The van der Waals surface area contributed by atoms with E-state index >= 15 is 0 Å². The van der Waals surface area contributed by atoms with E-state index < -0.39 is 116 Å². The van der Waals surface area contributed by atoms with Crippen LogP contribution in [0.5, 0.6) is 0 Å². The molecule has 19 heteroatoms. The lowest BCUT2D eigenvalue weighted by Gasteiger charge is -2.48. The summed E-state index contributed by atoms with van der Waals surface area (Å²) in [7, 11) is 0. The Kier molecular flexibility index (Phi) is 29.3. The second kappa shape index (κ2) is 33.0. The molecule has 2 aliphatic heterocycles. The highest BCUT2D eigenvalue weighted by molar-refractivity contribution is 7.99. The molecule has 0 N–H and O–H groups in total. The lowest BCUT2D eigenvalue weighted by atomic mass is 9.96. The minimum Gasteiger partial charge on any atom is -0.463 e. The predicted molar refractivity (Wildman–Crippen MR) is 236 cm³/mol. The van der Waals surface area contributed by atoms with Gasteiger partial charge in [-0.05, 0) is 12.2 Å². The van der Waals surface area contributed by atoms with E-state index in [-0.39, 0.29) is 6.61 Å². The lowest BCUT2D eigenvalue weighted by molar-refractivity contribution is -0.360. The van der Waals surface area contributed by atoms with Crippen LogP contribution in [0, 0.1) is 0 Å². The van der Waals surface area contributed by atoms with Crippen LogP contribution in [0.2, 0.25) is 0 Å². The number of ether oxygens (including phenoxy) is 11. The Bertz CT molecular complexity index is 1440. The minimum absolute atomic E-state index is 0.143. The molecule has 0 amide bonds. The highest BCUT2D eigenvalue weighted by atomic mass is 32.2. The molecule has 0 spiro atoms. The first-order valence-corrected chi connectivity index (χ1v) is 24.5. The molecule has 0 aliphatic carbocycles. The molecule has 0 saturated carbocycles. The average Bonchev–Trinajstić information content (AvgIpc) is 3.21. The molecule has 0 aromatic carbocycles. The molecule has 10 atom stereocenters. The van der Waals surface area contributed by atoms with Gasteiger partial charge in [0.15, 0.2) is 43.1 Å². The summed E-state index contributed by atoms with van der Waals surface area (Å²) in [5.41, 5.74) is 0. The molecule has 2 rings (SSSR count). The van der Waals surface area contributed by atoms with Gasteiger partial charge in [-0.1, -0.05) is 103 Å². The van der Waals surface area contributed by atoms with Crippen molar-refractivity contribution in [1.29, 1.82) is 0 Å². The summed E-state index contributed by atoms with van der Waals surface area (Å²) in [6, 6.07) is 0. The second-order valence-electron chi connectivity index (χ2n) is 16.4. The Morgan fingerprint density at radius 3 is 1.18 bits per heavy atom. The van der Waals surface area contributed by atoms with E-state index in [1.165, 1.54) is 89.9 Å². The van der Waals surface area contributed by atoms with E-state index in [1.54, 1.807) is 11.8 Å². The van der Waals surface area contributed by atoms with Crippen LogP contribution in [-0.4, -0.2) is 135 Å². The number of carbonyl (C=O) groups excluding carboxylic acids is 7. The van der Waals surface area contributed by atoms with E-state index in [1.807, 2.05) is 0 Å². The minimum atomic E-state index is -1.77. The van der Waals surface area contributed by atoms with Gasteiger partial charge in [-0.15, -0.1) is 0 Å². The Labute approximate surface area is 389 Å². The van der Waals surface area contributed by atoms with Crippen molar-refractivity contribution < 1.29 is 85.7 Å². The van der Waals surface area contributed by atoms with Crippen molar-refractivity contribution >= 4 is 53.5 Å². The van der Waals surface area contributed by atoms with Gasteiger partial charge in [0.05, 0.1) is 6.61 Å². The van der Waals surface area contributed by atoms with Crippen LogP contribution in [0.25, 0.3) is 0 Å². The molecular formula is C46H76O18S. The van der Waals surface area contributed by atoms with E-state index in [0.717, 1.165) is 67.1 Å². The number of esters is 7. The van der Waals surface area contributed by atoms with Crippen molar-refractivity contribution in [1.82, 2.24) is 0 Å². The largest absolute Gasteiger partial charge is 0.463 e. The van der Waals surface area contributed by atoms with Crippen molar-refractivity contribution in [3.8, 4) is 0 Å². The van der Waals surface area contributed by atoms with Gasteiger partial charge >= 0.3 is 41.8 Å². The van der Waals surface area contributed by atoms with E-state index in [4.69, 9.17) is 52.1 Å². The van der Waals surface area contributed by atoms with Gasteiger partial charge in [-0.3, -0.25) is 33.6 Å². The van der Waals surface area contributed by atoms with Gasteiger partial charge in [-0.25, -0.2) is 0 Å². The van der Waals surface area contributed by atoms with Crippen molar-refractivity contribution in [3.05, 3.63) is 0 Å². The van der Waals surface area contributed by atoms with E-state index in [2.05, 4.69) is 6.92 Å². The Morgan fingerprint density at radius 1 is 0.400 bits per heavy atom. The van der Waals surface area contributed by atoms with E-state index in [9.17, 15) is 33.6 Å². The van der Waals surface area contributed by atoms with Crippen molar-refractivity contribution in [3.63, 3.8) is 0 Å². The SMILES string of the molecule is CCCCCCCCCCCCCCCCCCSCCO[C@@H]1O[C@H](COC(C)=O)[C@H](O[C@H]2O[C@H](COC(C)=O)[C@H](OC(C)=O)[C@H](OC(C)=O)[C@H]2OC(C)=O)[C@H](OC(C)=O)[C@H]1OC(C)=O. The molecule has 2 fully saturated rings. The third-order valence-electron chi connectivity index (χ3n) is 10.5. The van der Waals surface area contributed by atoms with Crippen molar-refractivity contribution in [2.75, 3.05) is 31.3 Å². The maximum atomic E-state index is 12.7. The molecular weight excluding hydrogens is 873 g/mol. The van der Waals surface area contributed by atoms with Crippen LogP contribution in [0.4, 0.5) is 0 Å². The van der Waals surface area contributed by atoms with Gasteiger partial charge in [0.2, 0.25) is 0 Å². The first kappa shape index (κ1) is 57.6. The molecule has 18 nitrogen and oxygen atoms in total. The summed E-state index contributed by atoms with van der Waals surface area (Å²) in [6.07, 6.45) is 5.60. The zero-order chi connectivity index (χ0) is 48.1. The third-order valence-corrected chi connectivity index (χ3v) is 11.6. The molecule has 2 aliphatic rings. The molecule has 0 unspecified atom stereocenters. The van der Waals surface area contributed by atoms with Crippen LogP contribution in [0.15, 0.2) is 0 Å². The van der Waals surface area contributed by atoms with Crippen LogP contribution in [0.1, 0.15) is 158 Å². The van der Waals surface area contributed by atoms with Gasteiger partial charge in [-0.2, -0.15) is 11.8 Å². The number of carbonyl (C=O) groups is 7. The monoisotopic (exact) mass is 948 g/mol. The zero-order valence-corrected chi connectivity index (χ0v) is 40.7. The Morgan fingerprint density at radius 2 is 0.754 bits per heavy atom. The fourth-order valence-electron chi connectivity index (χ4n) is 7.68. The highest BCUT2D eigenvalue weighted by Crippen LogP contribution is 2.36.